The van der Waals surface area contributed by atoms with Gasteiger partial charge in [0, 0.05) is 18.2 Å². The van der Waals surface area contributed by atoms with Gasteiger partial charge in [0.25, 0.3) is 5.91 Å². The zero-order chi connectivity index (χ0) is 17.1. The summed E-state index contributed by atoms with van der Waals surface area (Å²) in [6.45, 7) is 0. The summed E-state index contributed by atoms with van der Waals surface area (Å²) in [5, 5.41) is 3.03. The molecule has 2 aromatic carbocycles. The molecule has 0 aliphatic carbocycles. The third-order valence-corrected chi connectivity index (χ3v) is 4.08. The van der Waals surface area contributed by atoms with Crippen molar-refractivity contribution in [3.8, 4) is 0 Å². The number of anilines is 1. The molecule has 0 saturated heterocycles. The molecule has 122 valence electrons. The summed E-state index contributed by atoms with van der Waals surface area (Å²) in [5.41, 5.74) is 3.44. The second-order valence-corrected chi connectivity index (χ2v) is 5.82. The number of amides is 1. The first-order valence-electron chi connectivity index (χ1n) is 8.17. The Kier molecular flexibility index (Phi) is 4.01. The number of nitrogens with one attached hydrogen (secondary N) is 1. The minimum Gasteiger partial charge on any atom is -0.306 e. The number of hydrogen-bond acceptors (Lipinski definition) is 2. The number of carbonyl (C=O) groups is 1. The highest BCUT2D eigenvalue weighted by atomic mass is 16.1. The molecule has 0 radical (unpaired) electrons. The summed E-state index contributed by atoms with van der Waals surface area (Å²) in [5.74, 6) is 0.578. The first kappa shape index (κ1) is 15.1. The normalized spacial score (nSPS) is 10.7. The highest BCUT2D eigenvalue weighted by Gasteiger charge is 2.15. The lowest BCUT2D eigenvalue weighted by atomic mass is 10.1. The number of benzene rings is 2. The molecular weight excluding hydrogens is 310 g/mol. The van der Waals surface area contributed by atoms with E-state index >= 15 is 0 Å². The molecule has 0 bridgehead atoms. The largest absolute Gasteiger partial charge is 0.306 e. The molecule has 25 heavy (non-hydrogen) atoms. The summed E-state index contributed by atoms with van der Waals surface area (Å²) in [6.07, 6.45) is 2.57. The van der Waals surface area contributed by atoms with Gasteiger partial charge in [-0.15, -0.1) is 0 Å². The molecule has 1 N–H and O–H groups in total. The van der Waals surface area contributed by atoms with Crippen LogP contribution in [-0.2, 0) is 6.42 Å². The van der Waals surface area contributed by atoms with Gasteiger partial charge >= 0.3 is 0 Å². The van der Waals surface area contributed by atoms with E-state index in [1.165, 1.54) is 0 Å². The van der Waals surface area contributed by atoms with Gasteiger partial charge in [-0.2, -0.15) is 0 Å². The molecule has 0 atom stereocenters. The van der Waals surface area contributed by atoms with Crippen LogP contribution in [0.5, 0.6) is 0 Å². The first-order valence-corrected chi connectivity index (χ1v) is 8.17. The highest BCUT2D eigenvalue weighted by Crippen LogP contribution is 2.22. The van der Waals surface area contributed by atoms with Crippen molar-refractivity contribution in [2.45, 2.75) is 6.42 Å². The van der Waals surface area contributed by atoms with Crippen molar-refractivity contribution in [3.05, 3.63) is 102 Å². The number of rotatable bonds is 4. The number of imidazole rings is 1. The van der Waals surface area contributed by atoms with Crippen molar-refractivity contribution in [1.29, 1.82) is 0 Å². The van der Waals surface area contributed by atoms with Crippen LogP contribution >= 0.6 is 0 Å². The van der Waals surface area contributed by atoms with Crippen molar-refractivity contribution in [3.63, 3.8) is 0 Å². The van der Waals surface area contributed by atoms with E-state index in [2.05, 4.69) is 17.4 Å². The Hall–Kier alpha value is -3.40. The minimum absolute atomic E-state index is 0.138. The van der Waals surface area contributed by atoms with Crippen LogP contribution in [0.1, 0.15) is 21.6 Å². The highest BCUT2D eigenvalue weighted by molar-refractivity contribution is 6.04. The van der Waals surface area contributed by atoms with Crippen LogP contribution in [0.2, 0.25) is 0 Å². The van der Waals surface area contributed by atoms with Crippen LogP contribution in [0, 0.1) is 0 Å². The van der Waals surface area contributed by atoms with Crippen LogP contribution in [0.25, 0.3) is 5.65 Å². The third kappa shape index (κ3) is 3.15. The molecule has 0 unspecified atom stereocenters. The molecule has 0 fully saturated rings. The van der Waals surface area contributed by atoms with Gasteiger partial charge in [-0.1, -0.05) is 54.6 Å². The average Bonchev–Trinajstić information content (AvgIpc) is 3.00. The van der Waals surface area contributed by atoms with E-state index in [9.17, 15) is 4.79 Å². The van der Waals surface area contributed by atoms with E-state index < -0.39 is 0 Å². The summed E-state index contributed by atoms with van der Waals surface area (Å²) < 4.78 is 1.92. The Bertz CT molecular complexity index is 1010. The summed E-state index contributed by atoms with van der Waals surface area (Å²) in [4.78, 5) is 17.3. The number of fused-ring (bicyclic) bond motifs is 1. The zero-order valence-corrected chi connectivity index (χ0v) is 13.6. The number of nitrogens with zero attached hydrogens (tertiary/aromatic N) is 2. The molecule has 1 amide bonds. The monoisotopic (exact) mass is 327 g/mol. The SMILES string of the molecule is O=C(Nc1c(Cc2ccccc2)nc2ccccn12)c1ccccc1. The Labute approximate surface area is 145 Å². The smallest absolute Gasteiger partial charge is 0.256 e. The maximum absolute atomic E-state index is 12.6. The van der Waals surface area contributed by atoms with Crippen molar-refractivity contribution < 1.29 is 4.79 Å². The first-order chi connectivity index (χ1) is 12.3. The fraction of sp³-hybridized carbons (Fsp3) is 0.0476. The van der Waals surface area contributed by atoms with E-state index in [0.29, 0.717) is 17.8 Å². The van der Waals surface area contributed by atoms with Crippen molar-refractivity contribution in [1.82, 2.24) is 9.38 Å². The number of carbonyl (C=O) groups excluding carboxylic acids is 1. The van der Waals surface area contributed by atoms with Gasteiger partial charge in [0.05, 0.1) is 5.69 Å². The van der Waals surface area contributed by atoms with Gasteiger partial charge in [0.2, 0.25) is 0 Å². The van der Waals surface area contributed by atoms with Crippen LogP contribution < -0.4 is 5.32 Å². The van der Waals surface area contributed by atoms with E-state index in [1.807, 2.05) is 65.2 Å². The van der Waals surface area contributed by atoms with Crippen LogP contribution in [0.15, 0.2) is 85.1 Å². The molecule has 2 aromatic heterocycles. The Balaban J connectivity index is 1.73. The average molecular weight is 327 g/mol. The predicted molar refractivity (Wildman–Crippen MR) is 98.8 cm³/mol. The molecule has 0 aliphatic rings. The summed E-state index contributed by atoms with van der Waals surface area (Å²) in [7, 11) is 0. The van der Waals surface area contributed by atoms with E-state index in [1.54, 1.807) is 12.1 Å². The summed E-state index contributed by atoms with van der Waals surface area (Å²) in [6, 6.07) is 25.1. The van der Waals surface area contributed by atoms with E-state index in [0.717, 1.165) is 16.9 Å². The van der Waals surface area contributed by atoms with Gasteiger partial charge < -0.3 is 5.32 Å². The molecule has 2 heterocycles. The van der Waals surface area contributed by atoms with Gasteiger partial charge in [-0.3, -0.25) is 9.20 Å². The van der Waals surface area contributed by atoms with E-state index in [4.69, 9.17) is 4.98 Å². The standard InChI is InChI=1S/C21H17N3O/c25-21(17-11-5-2-6-12-17)23-20-18(15-16-9-3-1-4-10-16)22-19-13-7-8-14-24(19)20/h1-14H,15H2,(H,23,25). The molecule has 0 spiro atoms. The minimum atomic E-state index is -0.138. The van der Waals surface area contributed by atoms with Crippen molar-refractivity contribution in [2.75, 3.05) is 5.32 Å². The maximum Gasteiger partial charge on any atom is 0.256 e. The predicted octanol–water partition coefficient (Wildman–Crippen LogP) is 4.18. The second kappa shape index (κ2) is 6.61. The molecule has 0 aliphatic heterocycles. The topological polar surface area (TPSA) is 46.4 Å². The van der Waals surface area contributed by atoms with Gasteiger partial charge in [-0.25, -0.2) is 4.98 Å². The lowest BCUT2D eigenvalue weighted by Crippen LogP contribution is -2.14. The lowest BCUT2D eigenvalue weighted by molar-refractivity contribution is 0.102. The van der Waals surface area contributed by atoms with Crippen LogP contribution in [0.3, 0.4) is 0 Å². The molecule has 0 saturated carbocycles. The Morgan fingerprint density at radius 2 is 1.56 bits per heavy atom. The Morgan fingerprint density at radius 3 is 2.32 bits per heavy atom. The van der Waals surface area contributed by atoms with Crippen molar-refractivity contribution in [2.24, 2.45) is 0 Å². The Morgan fingerprint density at radius 1 is 0.880 bits per heavy atom. The van der Waals surface area contributed by atoms with Gasteiger partial charge in [0.1, 0.15) is 11.5 Å². The number of hydrogen-bond donors (Lipinski definition) is 1. The maximum atomic E-state index is 12.6. The van der Waals surface area contributed by atoms with E-state index in [-0.39, 0.29) is 5.91 Å². The number of pyridine rings is 1. The number of aromatic nitrogens is 2. The molecule has 4 rings (SSSR count). The second-order valence-electron chi connectivity index (χ2n) is 5.82. The molecule has 4 aromatic rings. The van der Waals surface area contributed by atoms with Crippen LogP contribution in [-0.4, -0.2) is 15.3 Å². The fourth-order valence-electron chi connectivity index (χ4n) is 2.86. The van der Waals surface area contributed by atoms with Gasteiger partial charge in [-0.05, 0) is 29.8 Å². The van der Waals surface area contributed by atoms with Crippen LogP contribution in [0.4, 0.5) is 5.82 Å². The molecule has 4 nitrogen and oxygen atoms in total. The van der Waals surface area contributed by atoms with Gasteiger partial charge in [0.15, 0.2) is 0 Å². The van der Waals surface area contributed by atoms with Crippen molar-refractivity contribution >= 4 is 17.4 Å². The lowest BCUT2D eigenvalue weighted by Gasteiger charge is -2.08. The molecule has 4 heteroatoms. The third-order valence-electron chi connectivity index (χ3n) is 4.08. The molecular formula is C21H17N3O. The zero-order valence-electron chi connectivity index (χ0n) is 13.6. The summed E-state index contributed by atoms with van der Waals surface area (Å²) >= 11 is 0. The quantitative estimate of drug-likeness (QED) is 0.611. The fourth-order valence-corrected chi connectivity index (χ4v) is 2.86.